The fourth-order valence-corrected chi connectivity index (χ4v) is 5.30. The van der Waals surface area contributed by atoms with Gasteiger partial charge in [-0.2, -0.15) is 0 Å². The van der Waals surface area contributed by atoms with E-state index >= 15 is 0 Å². The molecule has 24 heteroatoms. The normalized spacial score (nSPS) is 14.8. The van der Waals surface area contributed by atoms with Crippen LogP contribution in [0.2, 0.25) is 0 Å². The predicted molar refractivity (Wildman–Crippen MR) is 206 cm³/mol. The van der Waals surface area contributed by atoms with E-state index in [4.69, 9.17) is 5.73 Å². The van der Waals surface area contributed by atoms with Gasteiger partial charge in [-0.15, -0.1) is 0 Å². The number of carboxylic acid groups (broad SMARTS) is 3. The van der Waals surface area contributed by atoms with E-state index in [1.807, 2.05) is 16.0 Å². The standard InChI is InChI=1S/C37H49N7O17/c1-17(47)30(38)36(59)44-27(16-46)34(57)39-22(10-11-28(50)51)31(54)43-26(15-45)35(58)41-24(14-29(52)53)33(56)40-23(12-18-2-6-20(48)7-3-18)32(55)42-25(37(60)61)13-19-4-8-21(49)9-5-19/h2-9,17,22-27,30,45-49H,10-16,38H2,1H3,(H,39,57)(H,40,56)(H,41,58)(H,42,55)(H,43,54)(H,44,59)(H,50,51)(H,52,53)(H,60,61)/t17-,22+,23+,24+,25+,26+,27+,30+/m1/s1. The lowest BCUT2D eigenvalue weighted by molar-refractivity contribution is -0.143. The minimum atomic E-state index is -2.03. The largest absolute Gasteiger partial charge is 0.508 e. The Labute approximate surface area is 346 Å². The van der Waals surface area contributed by atoms with Gasteiger partial charge in [-0.25, -0.2) is 4.79 Å². The summed E-state index contributed by atoms with van der Waals surface area (Å²) >= 11 is 0. The van der Waals surface area contributed by atoms with Gasteiger partial charge in [0.1, 0.15) is 53.8 Å². The molecule has 2 rings (SSSR count). The van der Waals surface area contributed by atoms with Gasteiger partial charge in [0.25, 0.3) is 0 Å². The molecule has 0 aliphatic heterocycles. The topological polar surface area (TPSA) is 414 Å². The van der Waals surface area contributed by atoms with Crippen LogP contribution in [0.5, 0.6) is 11.5 Å². The van der Waals surface area contributed by atoms with Crippen LogP contribution in [0.1, 0.15) is 37.3 Å². The zero-order valence-corrected chi connectivity index (χ0v) is 32.5. The highest BCUT2D eigenvalue weighted by molar-refractivity contribution is 5.98. The van der Waals surface area contributed by atoms with Crippen LogP contribution < -0.4 is 37.6 Å². The Kier molecular flexibility index (Phi) is 20.0. The van der Waals surface area contributed by atoms with E-state index in [0.29, 0.717) is 11.1 Å². The van der Waals surface area contributed by atoms with Crippen molar-refractivity contribution >= 4 is 53.4 Å². The van der Waals surface area contributed by atoms with Crippen molar-refractivity contribution < 1.29 is 84.0 Å². The van der Waals surface area contributed by atoms with E-state index in [1.54, 1.807) is 0 Å². The van der Waals surface area contributed by atoms with Gasteiger partial charge in [0.05, 0.1) is 25.7 Å². The summed E-state index contributed by atoms with van der Waals surface area (Å²) in [6.45, 7) is -1.09. The number of phenolic OH excluding ortho intramolecular Hbond substituents is 2. The van der Waals surface area contributed by atoms with Crippen molar-refractivity contribution in [3.05, 3.63) is 59.7 Å². The average molecular weight is 864 g/mol. The van der Waals surface area contributed by atoms with Crippen molar-refractivity contribution in [1.29, 1.82) is 0 Å². The molecule has 2 aromatic carbocycles. The van der Waals surface area contributed by atoms with Gasteiger partial charge in [-0.1, -0.05) is 24.3 Å². The molecule has 6 amide bonds. The summed E-state index contributed by atoms with van der Waals surface area (Å²) in [5.74, 6) is -12.2. The molecule has 0 aromatic heterocycles. The molecule has 0 saturated heterocycles. The number of aliphatic hydroxyl groups is 3. The number of carbonyl (C=O) groups excluding carboxylic acids is 6. The van der Waals surface area contributed by atoms with E-state index in [-0.39, 0.29) is 24.3 Å². The Bertz CT molecular complexity index is 1880. The molecule has 334 valence electrons. The Morgan fingerprint density at radius 1 is 0.525 bits per heavy atom. The minimum Gasteiger partial charge on any atom is -0.508 e. The summed E-state index contributed by atoms with van der Waals surface area (Å²) in [6, 6.07) is -1.69. The van der Waals surface area contributed by atoms with Crippen LogP contribution in [0.4, 0.5) is 0 Å². The number of benzene rings is 2. The van der Waals surface area contributed by atoms with E-state index < -0.39 is 134 Å². The van der Waals surface area contributed by atoms with E-state index in [0.717, 1.165) is 0 Å². The van der Waals surface area contributed by atoms with Crippen LogP contribution in [0.25, 0.3) is 0 Å². The van der Waals surface area contributed by atoms with Crippen LogP contribution >= 0.6 is 0 Å². The Hall–Kier alpha value is -6.89. The lowest BCUT2D eigenvalue weighted by Gasteiger charge is -2.26. The number of hydrogen-bond acceptors (Lipinski definition) is 15. The van der Waals surface area contributed by atoms with Gasteiger partial charge in [0.2, 0.25) is 35.4 Å². The number of aliphatic hydroxyl groups excluding tert-OH is 3. The molecule has 2 aromatic rings. The van der Waals surface area contributed by atoms with Crippen LogP contribution in [0, 0.1) is 0 Å². The molecule has 16 N–H and O–H groups in total. The molecule has 0 fully saturated rings. The molecule has 0 aliphatic rings. The second kappa shape index (κ2) is 24.3. The fraction of sp³-hybridized carbons (Fsp3) is 0.432. The lowest BCUT2D eigenvalue weighted by atomic mass is 10.0. The zero-order chi connectivity index (χ0) is 46.0. The first kappa shape index (κ1) is 50.3. The summed E-state index contributed by atoms with van der Waals surface area (Å²) in [6.07, 6.45) is -4.53. The highest BCUT2D eigenvalue weighted by atomic mass is 16.4. The maximum atomic E-state index is 13.6. The monoisotopic (exact) mass is 863 g/mol. The fourth-order valence-electron chi connectivity index (χ4n) is 5.30. The summed E-state index contributed by atoms with van der Waals surface area (Å²) in [5, 5.41) is 89.9. The van der Waals surface area contributed by atoms with Gasteiger partial charge in [-0.3, -0.25) is 38.4 Å². The van der Waals surface area contributed by atoms with Gasteiger partial charge < -0.3 is 78.5 Å². The van der Waals surface area contributed by atoms with Crippen molar-refractivity contribution in [2.45, 2.75) is 87.4 Å². The molecule has 24 nitrogen and oxygen atoms in total. The summed E-state index contributed by atoms with van der Waals surface area (Å²) in [4.78, 5) is 114. The molecular weight excluding hydrogens is 814 g/mol. The molecule has 61 heavy (non-hydrogen) atoms. The first-order valence-corrected chi connectivity index (χ1v) is 18.3. The van der Waals surface area contributed by atoms with Crippen molar-refractivity contribution in [3.8, 4) is 11.5 Å². The molecular formula is C37H49N7O17. The number of carboxylic acids is 3. The number of rotatable bonds is 25. The lowest BCUT2D eigenvalue weighted by Crippen LogP contribution is -2.61. The number of nitrogens with one attached hydrogen (secondary N) is 6. The van der Waals surface area contributed by atoms with E-state index in [1.165, 1.54) is 55.5 Å². The van der Waals surface area contributed by atoms with Crippen molar-refractivity contribution in [2.24, 2.45) is 5.73 Å². The van der Waals surface area contributed by atoms with E-state index in [2.05, 4.69) is 16.0 Å². The predicted octanol–water partition coefficient (Wildman–Crippen LogP) is -5.09. The SMILES string of the molecule is C[C@@H](O)[C@H](N)C(=O)N[C@@H](CO)C(=O)N[C@@H](CCC(=O)O)C(=O)N[C@@H](CO)C(=O)N[C@@H](CC(=O)O)C(=O)N[C@@H](Cc1ccc(O)cc1)C(=O)N[C@@H](Cc1ccc(O)cc1)C(=O)O. The third-order valence-corrected chi connectivity index (χ3v) is 8.75. The van der Waals surface area contributed by atoms with Gasteiger partial charge >= 0.3 is 17.9 Å². The van der Waals surface area contributed by atoms with Gasteiger partial charge in [0.15, 0.2) is 0 Å². The Balaban J connectivity index is 2.32. The molecule has 0 heterocycles. The molecule has 0 spiro atoms. The maximum absolute atomic E-state index is 13.6. The second-order valence-corrected chi connectivity index (χ2v) is 13.6. The van der Waals surface area contributed by atoms with E-state index in [9.17, 15) is 84.0 Å². The highest BCUT2D eigenvalue weighted by Gasteiger charge is 2.35. The third-order valence-electron chi connectivity index (χ3n) is 8.75. The number of aliphatic carboxylic acids is 3. The molecule has 0 radical (unpaired) electrons. The number of amides is 6. The minimum absolute atomic E-state index is 0.104. The quantitative estimate of drug-likeness (QED) is 0.0444. The molecule has 0 unspecified atom stereocenters. The van der Waals surface area contributed by atoms with Crippen molar-refractivity contribution in [2.75, 3.05) is 13.2 Å². The van der Waals surface area contributed by atoms with Gasteiger partial charge in [-0.05, 0) is 48.7 Å². The molecule has 8 atom stereocenters. The Morgan fingerprint density at radius 3 is 1.31 bits per heavy atom. The van der Waals surface area contributed by atoms with Crippen LogP contribution in [-0.2, 0) is 56.0 Å². The number of carbonyl (C=O) groups is 9. The van der Waals surface area contributed by atoms with Crippen molar-refractivity contribution in [3.63, 3.8) is 0 Å². The first-order valence-electron chi connectivity index (χ1n) is 18.3. The van der Waals surface area contributed by atoms with Gasteiger partial charge in [0, 0.05) is 19.3 Å². The number of aromatic hydroxyl groups is 2. The van der Waals surface area contributed by atoms with Crippen LogP contribution in [-0.4, -0.2) is 156 Å². The summed E-state index contributed by atoms with van der Waals surface area (Å²) < 4.78 is 0. The maximum Gasteiger partial charge on any atom is 0.326 e. The van der Waals surface area contributed by atoms with Crippen molar-refractivity contribution in [1.82, 2.24) is 31.9 Å². The number of phenols is 2. The molecule has 0 bridgehead atoms. The third kappa shape index (κ3) is 17.1. The van der Waals surface area contributed by atoms with Crippen LogP contribution in [0.15, 0.2) is 48.5 Å². The first-order chi connectivity index (χ1) is 28.6. The molecule has 0 saturated carbocycles. The number of hydrogen-bond donors (Lipinski definition) is 15. The molecule has 0 aliphatic carbocycles. The average Bonchev–Trinajstić information content (AvgIpc) is 3.20. The summed E-state index contributed by atoms with van der Waals surface area (Å²) in [7, 11) is 0. The number of nitrogens with two attached hydrogens (primary N) is 1. The second-order valence-electron chi connectivity index (χ2n) is 13.6. The smallest absolute Gasteiger partial charge is 0.326 e. The van der Waals surface area contributed by atoms with Crippen LogP contribution in [0.3, 0.4) is 0 Å². The Morgan fingerprint density at radius 2 is 0.885 bits per heavy atom. The zero-order valence-electron chi connectivity index (χ0n) is 32.5. The highest BCUT2D eigenvalue weighted by Crippen LogP contribution is 2.14. The summed E-state index contributed by atoms with van der Waals surface area (Å²) in [5.41, 5.74) is 6.24.